The topological polar surface area (TPSA) is 79.8 Å². The molecule has 7 heteroatoms. The van der Waals surface area contributed by atoms with Gasteiger partial charge in [0.15, 0.2) is 6.61 Å². The third-order valence-electron chi connectivity index (χ3n) is 4.58. The maximum Gasteiger partial charge on any atom is 0.277 e. The molecule has 1 aliphatic rings. The molecule has 0 aromatic heterocycles. The molecule has 1 aliphatic carbocycles. The monoisotopic (exact) mass is 399 g/mol. The van der Waals surface area contributed by atoms with Crippen LogP contribution >= 0.6 is 11.6 Å². The zero-order chi connectivity index (χ0) is 19.9. The fourth-order valence-corrected chi connectivity index (χ4v) is 2.76. The molecule has 1 saturated carbocycles. The molecule has 0 atom stereocenters. The predicted octanol–water partition coefficient (Wildman–Crippen LogP) is 4.00. The van der Waals surface area contributed by atoms with Crippen molar-refractivity contribution in [2.24, 2.45) is 11.0 Å². The lowest BCUT2D eigenvalue weighted by atomic mass is 9.85. The van der Waals surface area contributed by atoms with Crippen LogP contribution in [0.4, 0.5) is 5.69 Å². The van der Waals surface area contributed by atoms with Gasteiger partial charge in [-0.1, -0.05) is 30.2 Å². The molecule has 6 nitrogen and oxygen atoms in total. The Hall–Kier alpha value is -2.86. The molecule has 2 amide bonds. The summed E-state index contributed by atoms with van der Waals surface area (Å²) in [5.74, 6) is 0.420. The second-order valence-corrected chi connectivity index (χ2v) is 7.11. The average molecular weight is 400 g/mol. The molecule has 2 N–H and O–H groups in total. The van der Waals surface area contributed by atoms with Crippen LogP contribution in [-0.4, -0.2) is 24.1 Å². The zero-order valence-electron chi connectivity index (χ0n) is 15.6. The molecule has 0 bridgehead atoms. The molecule has 3 rings (SSSR count). The Labute approximate surface area is 168 Å². The number of hydrazone groups is 1. The highest BCUT2D eigenvalue weighted by Gasteiger charge is 2.25. The zero-order valence-corrected chi connectivity index (χ0v) is 16.3. The first kappa shape index (κ1) is 19.9. The largest absolute Gasteiger partial charge is 0.484 e. The molecular weight excluding hydrogens is 378 g/mol. The first-order chi connectivity index (χ1) is 13.5. The van der Waals surface area contributed by atoms with E-state index in [0.717, 1.165) is 30.5 Å². The standard InChI is InChI=1S/C21H22ClN3O3/c1-14(24-25-20(26)13-28-19-11-7-17(22)8-12-19)15-5-9-18(10-6-15)23-21(27)16-3-2-4-16/h5-12,16H,2-4,13H2,1H3,(H,23,27)(H,25,26)/b24-14-. The summed E-state index contributed by atoms with van der Waals surface area (Å²) in [6, 6.07) is 14.1. The van der Waals surface area contributed by atoms with Crippen molar-refractivity contribution in [1.29, 1.82) is 0 Å². The number of rotatable bonds is 7. The Morgan fingerprint density at radius 3 is 2.39 bits per heavy atom. The van der Waals surface area contributed by atoms with E-state index < -0.39 is 0 Å². The van der Waals surface area contributed by atoms with Gasteiger partial charge in [-0.15, -0.1) is 0 Å². The number of hydrogen-bond acceptors (Lipinski definition) is 4. The van der Waals surface area contributed by atoms with Crippen LogP contribution in [-0.2, 0) is 9.59 Å². The molecule has 0 spiro atoms. The number of ether oxygens (including phenoxy) is 1. The third-order valence-corrected chi connectivity index (χ3v) is 4.83. The van der Waals surface area contributed by atoms with Gasteiger partial charge in [-0.25, -0.2) is 5.43 Å². The third kappa shape index (κ3) is 5.57. The number of amides is 2. The van der Waals surface area contributed by atoms with Crippen LogP contribution in [0.1, 0.15) is 31.7 Å². The van der Waals surface area contributed by atoms with Crippen LogP contribution in [0.2, 0.25) is 5.02 Å². The van der Waals surface area contributed by atoms with E-state index >= 15 is 0 Å². The van der Waals surface area contributed by atoms with Gasteiger partial charge in [-0.3, -0.25) is 9.59 Å². The van der Waals surface area contributed by atoms with Crippen molar-refractivity contribution in [2.75, 3.05) is 11.9 Å². The molecule has 2 aromatic rings. The van der Waals surface area contributed by atoms with Crippen molar-refractivity contribution in [3.05, 3.63) is 59.1 Å². The van der Waals surface area contributed by atoms with Gasteiger partial charge >= 0.3 is 0 Å². The number of nitrogens with one attached hydrogen (secondary N) is 2. The number of hydrogen-bond donors (Lipinski definition) is 2. The van der Waals surface area contributed by atoms with Gasteiger partial charge < -0.3 is 10.1 Å². The molecule has 1 fully saturated rings. The maximum absolute atomic E-state index is 12.0. The number of carbonyl (C=O) groups is 2. The summed E-state index contributed by atoms with van der Waals surface area (Å²) in [5.41, 5.74) is 4.72. The van der Waals surface area contributed by atoms with Crippen molar-refractivity contribution >= 4 is 34.8 Å². The molecule has 0 heterocycles. The van der Waals surface area contributed by atoms with Crippen LogP contribution in [0.3, 0.4) is 0 Å². The summed E-state index contributed by atoms with van der Waals surface area (Å²) in [4.78, 5) is 23.8. The SMILES string of the molecule is C/C(=N/NC(=O)COc1ccc(Cl)cc1)c1ccc(NC(=O)C2CCC2)cc1. The highest BCUT2D eigenvalue weighted by molar-refractivity contribution is 6.30. The van der Waals surface area contributed by atoms with Crippen LogP contribution in [0.15, 0.2) is 53.6 Å². The van der Waals surface area contributed by atoms with Gasteiger partial charge in [-0.2, -0.15) is 5.10 Å². The van der Waals surface area contributed by atoms with Crippen molar-refractivity contribution in [2.45, 2.75) is 26.2 Å². The fourth-order valence-electron chi connectivity index (χ4n) is 2.63. The van der Waals surface area contributed by atoms with Crippen molar-refractivity contribution < 1.29 is 14.3 Å². The van der Waals surface area contributed by atoms with E-state index in [-0.39, 0.29) is 24.3 Å². The van der Waals surface area contributed by atoms with Crippen LogP contribution in [0.5, 0.6) is 5.75 Å². The molecule has 0 radical (unpaired) electrons. The van der Waals surface area contributed by atoms with E-state index in [9.17, 15) is 9.59 Å². The van der Waals surface area contributed by atoms with E-state index in [4.69, 9.17) is 16.3 Å². The van der Waals surface area contributed by atoms with Gasteiger partial charge in [0.25, 0.3) is 5.91 Å². The Morgan fingerprint density at radius 1 is 1.11 bits per heavy atom. The van der Waals surface area contributed by atoms with Gasteiger partial charge in [0.2, 0.25) is 5.91 Å². The summed E-state index contributed by atoms with van der Waals surface area (Å²) in [6.45, 7) is 1.65. The number of benzene rings is 2. The molecule has 28 heavy (non-hydrogen) atoms. The van der Waals surface area contributed by atoms with Gasteiger partial charge in [0.05, 0.1) is 5.71 Å². The first-order valence-electron chi connectivity index (χ1n) is 9.14. The Kier molecular flexibility index (Phi) is 6.66. The lowest BCUT2D eigenvalue weighted by Gasteiger charge is -2.24. The van der Waals surface area contributed by atoms with Crippen molar-refractivity contribution in [3.8, 4) is 5.75 Å². The van der Waals surface area contributed by atoms with E-state index in [0.29, 0.717) is 16.5 Å². The minimum Gasteiger partial charge on any atom is -0.484 e. The second-order valence-electron chi connectivity index (χ2n) is 6.67. The summed E-state index contributed by atoms with van der Waals surface area (Å²) in [5, 5.41) is 7.62. The summed E-state index contributed by atoms with van der Waals surface area (Å²) in [6.07, 6.45) is 3.07. The normalized spacial score (nSPS) is 14.1. The van der Waals surface area contributed by atoms with E-state index in [1.54, 1.807) is 31.2 Å². The Bertz CT molecular complexity index is 859. The Balaban J connectivity index is 1.47. The van der Waals surface area contributed by atoms with E-state index in [1.807, 2.05) is 24.3 Å². The number of anilines is 1. The molecule has 0 unspecified atom stereocenters. The average Bonchev–Trinajstić information content (AvgIpc) is 2.65. The highest BCUT2D eigenvalue weighted by atomic mass is 35.5. The fraction of sp³-hybridized carbons (Fsp3) is 0.286. The minimum absolute atomic E-state index is 0.0809. The highest BCUT2D eigenvalue weighted by Crippen LogP contribution is 2.27. The first-order valence-corrected chi connectivity index (χ1v) is 9.52. The molecular formula is C21H22ClN3O3. The molecule has 146 valence electrons. The quantitative estimate of drug-likeness (QED) is 0.545. The molecule has 2 aromatic carbocycles. The predicted molar refractivity (Wildman–Crippen MR) is 110 cm³/mol. The lowest BCUT2D eigenvalue weighted by molar-refractivity contribution is -0.123. The van der Waals surface area contributed by atoms with E-state index in [1.165, 1.54) is 0 Å². The Morgan fingerprint density at radius 2 is 1.79 bits per heavy atom. The number of carbonyl (C=O) groups excluding carboxylic acids is 2. The van der Waals surface area contributed by atoms with Crippen molar-refractivity contribution in [1.82, 2.24) is 5.43 Å². The second kappa shape index (κ2) is 9.37. The molecule has 0 aliphatic heterocycles. The smallest absolute Gasteiger partial charge is 0.277 e. The van der Waals surface area contributed by atoms with Gasteiger partial charge in [0, 0.05) is 16.6 Å². The number of nitrogens with zero attached hydrogens (tertiary/aromatic N) is 1. The van der Waals surface area contributed by atoms with Gasteiger partial charge in [0.1, 0.15) is 5.75 Å². The number of halogens is 1. The van der Waals surface area contributed by atoms with Gasteiger partial charge in [-0.05, 0) is 61.7 Å². The maximum atomic E-state index is 12.0. The summed E-state index contributed by atoms with van der Waals surface area (Å²) >= 11 is 5.80. The lowest BCUT2D eigenvalue weighted by Crippen LogP contribution is -2.28. The van der Waals surface area contributed by atoms with Crippen LogP contribution in [0.25, 0.3) is 0 Å². The summed E-state index contributed by atoms with van der Waals surface area (Å²) < 4.78 is 5.37. The van der Waals surface area contributed by atoms with E-state index in [2.05, 4.69) is 15.8 Å². The van der Waals surface area contributed by atoms with Crippen molar-refractivity contribution in [3.63, 3.8) is 0 Å². The summed E-state index contributed by atoms with van der Waals surface area (Å²) in [7, 11) is 0. The molecule has 0 saturated heterocycles. The minimum atomic E-state index is -0.362. The van der Waals surface area contributed by atoms with Crippen LogP contribution < -0.4 is 15.5 Å². The van der Waals surface area contributed by atoms with Crippen LogP contribution in [0, 0.1) is 5.92 Å².